The van der Waals surface area contributed by atoms with Crippen LogP contribution in [0.25, 0.3) is 0 Å². The van der Waals surface area contributed by atoms with Crippen molar-refractivity contribution >= 4 is 11.8 Å². The molecular formula is C9H14N2O2. The fraction of sp³-hybridized carbons (Fsp3) is 0.778. The van der Waals surface area contributed by atoms with Crippen molar-refractivity contribution in [2.24, 2.45) is 0 Å². The summed E-state index contributed by atoms with van der Waals surface area (Å²) in [5, 5.41) is 2.63. The molecular weight excluding hydrogens is 168 g/mol. The second-order valence-electron chi connectivity index (χ2n) is 4.21. The summed E-state index contributed by atoms with van der Waals surface area (Å²) in [6.45, 7) is 4.01. The summed E-state index contributed by atoms with van der Waals surface area (Å²) in [6.07, 6.45) is 2.05. The first-order valence-electron chi connectivity index (χ1n) is 4.64. The Morgan fingerprint density at radius 1 is 1.46 bits per heavy atom. The molecule has 0 bridgehead atoms. The summed E-state index contributed by atoms with van der Waals surface area (Å²) >= 11 is 0. The van der Waals surface area contributed by atoms with Crippen molar-refractivity contribution in [3.8, 4) is 0 Å². The number of hydrogen-bond acceptors (Lipinski definition) is 2. The number of nitrogens with one attached hydrogen (secondary N) is 1. The Balaban J connectivity index is 2.17. The molecule has 1 unspecified atom stereocenters. The van der Waals surface area contributed by atoms with Gasteiger partial charge in [-0.1, -0.05) is 0 Å². The Bertz CT molecular complexity index is 271. The van der Waals surface area contributed by atoms with Crippen molar-refractivity contribution in [3.05, 3.63) is 0 Å². The van der Waals surface area contributed by atoms with Crippen LogP contribution in [0.1, 0.15) is 26.7 Å². The van der Waals surface area contributed by atoms with E-state index in [4.69, 9.17) is 0 Å². The molecule has 2 fully saturated rings. The predicted molar refractivity (Wildman–Crippen MR) is 47.0 cm³/mol. The molecule has 4 heteroatoms. The average molecular weight is 182 g/mol. The Hall–Kier alpha value is -1.06. The fourth-order valence-corrected chi connectivity index (χ4v) is 1.71. The van der Waals surface area contributed by atoms with Crippen LogP contribution in [0, 0.1) is 0 Å². The van der Waals surface area contributed by atoms with E-state index in [-0.39, 0.29) is 29.9 Å². The van der Waals surface area contributed by atoms with Crippen molar-refractivity contribution < 1.29 is 9.59 Å². The number of nitrogens with zero attached hydrogens (tertiary/aromatic N) is 1. The van der Waals surface area contributed by atoms with Crippen molar-refractivity contribution in [2.45, 2.75) is 38.3 Å². The van der Waals surface area contributed by atoms with Crippen LogP contribution in [0.5, 0.6) is 0 Å². The third-order valence-electron chi connectivity index (χ3n) is 2.94. The van der Waals surface area contributed by atoms with E-state index in [0.29, 0.717) is 0 Å². The number of rotatable bonds is 1. The number of hydrogen-bond donors (Lipinski definition) is 1. The van der Waals surface area contributed by atoms with Gasteiger partial charge in [-0.25, -0.2) is 0 Å². The lowest BCUT2D eigenvalue weighted by Gasteiger charge is -2.35. The highest BCUT2D eigenvalue weighted by Crippen LogP contribution is 2.41. The van der Waals surface area contributed by atoms with Gasteiger partial charge in [-0.2, -0.15) is 0 Å². The van der Waals surface area contributed by atoms with Gasteiger partial charge in [0.05, 0.1) is 0 Å². The van der Waals surface area contributed by atoms with Gasteiger partial charge in [-0.15, -0.1) is 0 Å². The van der Waals surface area contributed by atoms with Gasteiger partial charge in [-0.3, -0.25) is 9.59 Å². The van der Waals surface area contributed by atoms with Crippen LogP contribution in [0.3, 0.4) is 0 Å². The second kappa shape index (κ2) is 2.47. The SMILES string of the molecule is CC1NC(=O)CN(C2(C)CC2)C1=O. The highest BCUT2D eigenvalue weighted by atomic mass is 16.2. The van der Waals surface area contributed by atoms with Gasteiger partial charge < -0.3 is 10.2 Å². The molecule has 0 spiro atoms. The van der Waals surface area contributed by atoms with Crippen LogP contribution in [-0.2, 0) is 9.59 Å². The van der Waals surface area contributed by atoms with E-state index in [0.717, 1.165) is 12.8 Å². The number of piperazine rings is 1. The monoisotopic (exact) mass is 182 g/mol. The van der Waals surface area contributed by atoms with E-state index in [9.17, 15) is 9.59 Å². The highest BCUT2D eigenvalue weighted by molar-refractivity contribution is 5.95. The molecule has 2 amide bonds. The summed E-state index contributed by atoms with van der Waals surface area (Å²) in [5.41, 5.74) is -0.0247. The lowest BCUT2D eigenvalue weighted by atomic mass is 10.1. The van der Waals surface area contributed by atoms with Gasteiger partial charge in [0, 0.05) is 5.54 Å². The van der Waals surface area contributed by atoms with E-state index < -0.39 is 0 Å². The van der Waals surface area contributed by atoms with Crippen molar-refractivity contribution in [1.29, 1.82) is 0 Å². The standard InChI is InChI=1S/C9H14N2O2/c1-6-8(13)11(5-7(12)10-6)9(2)3-4-9/h6H,3-5H2,1-2H3,(H,10,12). The number of carbonyl (C=O) groups is 2. The lowest BCUT2D eigenvalue weighted by molar-refractivity contribution is -0.146. The molecule has 2 aliphatic rings. The van der Waals surface area contributed by atoms with Gasteiger partial charge in [0.1, 0.15) is 12.6 Å². The smallest absolute Gasteiger partial charge is 0.245 e. The predicted octanol–water partition coefficient (Wildman–Crippen LogP) is -0.114. The van der Waals surface area contributed by atoms with Crippen LogP contribution in [0.2, 0.25) is 0 Å². The summed E-state index contributed by atoms with van der Waals surface area (Å²) < 4.78 is 0. The van der Waals surface area contributed by atoms with Gasteiger partial charge in [-0.05, 0) is 26.7 Å². The minimum atomic E-state index is -0.348. The zero-order chi connectivity index (χ0) is 9.64. The first-order valence-corrected chi connectivity index (χ1v) is 4.64. The first kappa shape index (κ1) is 8.53. The maximum Gasteiger partial charge on any atom is 0.245 e. The molecule has 0 aromatic heterocycles. The van der Waals surface area contributed by atoms with Crippen molar-refractivity contribution in [1.82, 2.24) is 10.2 Å². The maximum absolute atomic E-state index is 11.7. The van der Waals surface area contributed by atoms with Gasteiger partial charge in [0.25, 0.3) is 0 Å². The van der Waals surface area contributed by atoms with Gasteiger partial charge in [0.2, 0.25) is 11.8 Å². The van der Waals surface area contributed by atoms with Crippen LogP contribution < -0.4 is 5.32 Å². The summed E-state index contributed by atoms with van der Waals surface area (Å²) in [7, 11) is 0. The molecule has 0 aromatic rings. The van der Waals surface area contributed by atoms with Gasteiger partial charge >= 0.3 is 0 Å². The van der Waals surface area contributed by atoms with Crippen LogP contribution in [0.4, 0.5) is 0 Å². The summed E-state index contributed by atoms with van der Waals surface area (Å²) in [5.74, 6) is 0.0137. The Kier molecular flexibility index (Phi) is 1.62. The molecule has 1 aliphatic heterocycles. The summed E-state index contributed by atoms with van der Waals surface area (Å²) in [6, 6.07) is -0.348. The average Bonchev–Trinajstić information content (AvgIpc) is 2.77. The molecule has 72 valence electrons. The molecule has 1 N–H and O–H groups in total. The van der Waals surface area contributed by atoms with Crippen LogP contribution >= 0.6 is 0 Å². The van der Waals surface area contributed by atoms with Gasteiger partial charge in [0.15, 0.2) is 0 Å². The quantitative estimate of drug-likeness (QED) is 0.615. The zero-order valence-corrected chi connectivity index (χ0v) is 7.96. The minimum Gasteiger partial charge on any atom is -0.343 e. The largest absolute Gasteiger partial charge is 0.343 e. The Morgan fingerprint density at radius 2 is 2.08 bits per heavy atom. The maximum atomic E-state index is 11.7. The molecule has 0 aromatic carbocycles. The zero-order valence-electron chi connectivity index (χ0n) is 7.96. The van der Waals surface area contributed by atoms with E-state index in [1.165, 1.54) is 0 Å². The van der Waals surface area contributed by atoms with E-state index in [2.05, 4.69) is 5.32 Å². The normalized spacial score (nSPS) is 31.5. The third kappa shape index (κ3) is 1.30. The topological polar surface area (TPSA) is 49.4 Å². The minimum absolute atomic E-state index is 0.0247. The fourth-order valence-electron chi connectivity index (χ4n) is 1.71. The molecule has 13 heavy (non-hydrogen) atoms. The van der Waals surface area contributed by atoms with Crippen LogP contribution in [0.15, 0.2) is 0 Å². The third-order valence-corrected chi connectivity index (χ3v) is 2.94. The number of amides is 2. The molecule has 1 aliphatic carbocycles. The molecule has 2 rings (SSSR count). The molecule has 1 saturated heterocycles. The lowest BCUT2D eigenvalue weighted by Crippen LogP contribution is -2.59. The molecule has 1 atom stereocenters. The van der Waals surface area contributed by atoms with Crippen LogP contribution in [-0.4, -0.2) is 34.8 Å². The van der Waals surface area contributed by atoms with E-state index in [1.807, 2.05) is 6.92 Å². The van der Waals surface area contributed by atoms with Crippen molar-refractivity contribution in [2.75, 3.05) is 6.54 Å². The first-order chi connectivity index (χ1) is 6.03. The highest BCUT2D eigenvalue weighted by Gasteiger charge is 2.48. The Labute approximate surface area is 77.3 Å². The second-order valence-corrected chi connectivity index (χ2v) is 4.21. The molecule has 1 saturated carbocycles. The molecule has 0 radical (unpaired) electrons. The summed E-state index contributed by atoms with van der Waals surface area (Å²) in [4.78, 5) is 24.6. The Morgan fingerprint density at radius 3 is 2.62 bits per heavy atom. The molecule has 4 nitrogen and oxygen atoms in total. The van der Waals surface area contributed by atoms with Crippen molar-refractivity contribution in [3.63, 3.8) is 0 Å². The number of carbonyl (C=O) groups excluding carboxylic acids is 2. The van der Waals surface area contributed by atoms with E-state index in [1.54, 1.807) is 11.8 Å². The van der Waals surface area contributed by atoms with E-state index >= 15 is 0 Å². The molecule has 1 heterocycles.